The first-order chi connectivity index (χ1) is 17.5. The fourth-order valence-electron chi connectivity index (χ4n) is 5.17. The second kappa shape index (κ2) is 9.43. The van der Waals surface area contributed by atoms with E-state index in [-0.39, 0.29) is 40.0 Å². The van der Waals surface area contributed by atoms with Gasteiger partial charge in [0.05, 0.1) is 35.5 Å². The van der Waals surface area contributed by atoms with Crippen molar-refractivity contribution in [3.63, 3.8) is 0 Å². The normalized spacial score (nSPS) is 24.2. The summed E-state index contributed by atoms with van der Waals surface area (Å²) in [6.07, 6.45) is -3.20. The summed E-state index contributed by atoms with van der Waals surface area (Å²) in [5, 5.41) is 2.97. The molecule has 2 aliphatic heterocycles. The van der Waals surface area contributed by atoms with Crippen LogP contribution in [0.1, 0.15) is 47.3 Å². The molecular formula is C26H27F3N2O5S. The van der Waals surface area contributed by atoms with Gasteiger partial charge in [-0.25, -0.2) is 8.42 Å². The molecule has 0 aromatic heterocycles. The van der Waals surface area contributed by atoms with Crippen molar-refractivity contribution in [2.45, 2.75) is 49.0 Å². The molecule has 1 N–H and O–H groups in total. The molecule has 2 aromatic rings. The van der Waals surface area contributed by atoms with Crippen LogP contribution in [0.25, 0.3) is 0 Å². The smallest absolute Gasteiger partial charge is 0.381 e. The predicted molar refractivity (Wildman–Crippen MR) is 127 cm³/mol. The van der Waals surface area contributed by atoms with Crippen LogP contribution in [0.2, 0.25) is 0 Å². The minimum atomic E-state index is -4.46. The van der Waals surface area contributed by atoms with E-state index in [1.807, 2.05) is 0 Å². The minimum Gasteiger partial charge on any atom is -0.381 e. The lowest BCUT2D eigenvalue weighted by Crippen LogP contribution is -2.51. The number of piperidine rings is 1. The van der Waals surface area contributed by atoms with Crippen LogP contribution in [0.5, 0.6) is 0 Å². The first kappa shape index (κ1) is 25.7. The molecule has 2 aromatic carbocycles. The predicted octanol–water partition coefficient (Wildman–Crippen LogP) is 3.61. The molecule has 0 bridgehead atoms. The summed E-state index contributed by atoms with van der Waals surface area (Å²) in [7, 11) is -3.51. The Labute approximate surface area is 212 Å². The number of nitrogens with one attached hydrogen (secondary N) is 1. The van der Waals surface area contributed by atoms with Crippen LogP contribution in [0, 0.1) is 11.8 Å². The highest BCUT2D eigenvalue weighted by molar-refractivity contribution is 7.91. The minimum absolute atomic E-state index is 0.0562. The number of sulfone groups is 1. The van der Waals surface area contributed by atoms with Crippen molar-refractivity contribution < 1.29 is 35.9 Å². The van der Waals surface area contributed by atoms with Gasteiger partial charge >= 0.3 is 6.18 Å². The van der Waals surface area contributed by atoms with Crippen LogP contribution in [-0.2, 0) is 25.5 Å². The molecular weight excluding hydrogens is 509 g/mol. The summed E-state index contributed by atoms with van der Waals surface area (Å²) in [5.74, 6) is -0.790. The zero-order valence-electron chi connectivity index (χ0n) is 20.1. The molecule has 0 radical (unpaired) electrons. The molecule has 2 saturated heterocycles. The maximum atomic E-state index is 13.5. The highest BCUT2D eigenvalue weighted by Crippen LogP contribution is 2.48. The molecule has 2 heterocycles. The SMILES string of the molecule is CCS(=O)(=O)c1cccc(C(=O)N2[C@@H](C(=O)N[C@@H](c3ccc(C(F)(F)F)cc3)C3COC3)C[C@H]3C[C@H]32)c1. The topological polar surface area (TPSA) is 92.8 Å². The number of likely N-dealkylation sites (tertiary alicyclic amines) is 1. The molecule has 0 unspecified atom stereocenters. The van der Waals surface area contributed by atoms with E-state index in [9.17, 15) is 31.2 Å². The number of benzene rings is 2. The zero-order valence-corrected chi connectivity index (χ0v) is 20.9. The summed E-state index contributed by atoms with van der Waals surface area (Å²) in [6.45, 7) is 2.26. The fourth-order valence-corrected chi connectivity index (χ4v) is 6.10. The number of carbonyl (C=O) groups excluding carboxylic acids is 2. The Morgan fingerprint density at radius 1 is 1.11 bits per heavy atom. The molecule has 5 rings (SSSR count). The van der Waals surface area contributed by atoms with Crippen LogP contribution < -0.4 is 5.32 Å². The first-order valence-corrected chi connectivity index (χ1v) is 13.9. The van der Waals surface area contributed by atoms with Crippen LogP contribution in [0.4, 0.5) is 13.2 Å². The van der Waals surface area contributed by atoms with E-state index in [2.05, 4.69) is 5.32 Å². The number of ether oxygens (including phenoxy) is 1. The number of alkyl halides is 3. The number of hydrogen-bond acceptors (Lipinski definition) is 5. The largest absolute Gasteiger partial charge is 0.416 e. The Hall–Kier alpha value is -2.92. The number of fused-ring (bicyclic) bond motifs is 1. The fraction of sp³-hybridized carbons (Fsp3) is 0.462. The molecule has 4 atom stereocenters. The third kappa shape index (κ3) is 4.98. The van der Waals surface area contributed by atoms with Gasteiger partial charge in [-0.05, 0) is 54.7 Å². The van der Waals surface area contributed by atoms with Gasteiger partial charge in [-0.2, -0.15) is 13.2 Å². The quantitative estimate of drug-likeness (QED) is 0.584. The van der Waals surface area contributed by atoms with Gasteiger partial charge in [0.2, 0.25) is 5.91 Å². The van der Waals surface area contributed by atoms with E-state index >= 15 is 0 Å². The van der Waals surface area contributed by atoms with Gasteiger partial charge < -0.3 is 15.0 Å². The van der Waals surface area contributed by atoms with Gasteiger partial charge in [0.15, 0.2) is 9.84 Å². The number of hydrogen-bond donors (Lipinski definition) is 1. The Bertz CT molecular complexity index is 1310. The van der Waals surface area contributed by atoms with E-state index in [1.165, 1.54) is 37.3 Å². The Morgan fingerprint density at radius 2 is 1.81 bits per heavy atom. The van der Waals surface area contributed by atoms with E-state index in [4.69, 9.17) is 4.74 Å². The van der Waals surface area contributed by atoms with Crippen molar-refractivity contribution in [3.05, 3.63) is 65.2 Å². The highest BCUT2D eigenvalue weighted by atomic mass is 32.2. The van der Waals surface area contributed by atoms with Crippen molar-refractivity contribution >= 4 is 21.7 Å². The van der Waals surface area contributed by atoms with Gasteiger partial charge in [0, 0.05) is 17.5 Å². The molecule has 3 fully saturated rings. The van der Waals surface area contributed by atoms with Crippen LogP contribution in [-0.4, -0.2) is 56.2 Å². The molecule has 1 saturated carbocycles. The lowest BCUT2D eigenvalue weighted by atomic mass is 9.90. The number of amides is 2. The van der Waals surface area contributed by atoms with Gasteiger partial charge in [0.25, 0.3) is 5.91 Å². The molecule has 2 amide bonds. The summed E-state index contributed by atoms with van der Waals surface area (Å²) in [5.41, 5.74) is -0.0362. The van der Waals surface area contributed by atoms with Crippen LogP contribution in [0.3, 0.4) is 0 Å². The lowest BCUT2D eigenvalue weighted by Gasteiger charge is -2.36. The molecule has 11 heteroatoms. The molecule has 37 heavy (non-hydrogen) atoms. The maximum absolute atomic E-state index is 13.5. The van der Waals surface area contributed by atoms with Crippen molar-refractivity contribution in [2.75, 3.05) is 19.0 Å². The molecule has 1 aliphatic carbocycles. The second-order valence-corrected chi connectivity index (χ2v) is 12.1. The van der Waals surface area contributed by atoms with E-state index < -0.39 is 39.6 Å². The molecule has 3 aliphatic rings. The van der Waals surface area contributed by atoms with Crippen LogP contribution >= 0.6 is 0 Å². The Balaban J connectivity index is 1.36. The third-order valence-corrected chi connectivity index (χ3v) is 9.22. The second-order valence-electron chi connectivity index (χ2n) is 9.86. The highest BCUT2D eigenvalue weighted by Gasteiger charge is 2.56. The lowest BCUT2D eigenvalue weighted by molar-refractivity contribution is -0.137. The average Bonchev–Trinajstić information content (AvgIpc) is 3.51. The van der Waals surface area contributed by atoms with Gasteiger partial charge in [0.1, 0.15) is 6.04 Å². The molecule has 7 nitrogen and oxygen atoms in total. The number of rotatable bonds is 7. The molecule has 198 valence electrons. The summed E-state index contributed by atoms with van der Waals surface area (Å²) >= 11 is 0. The van der Waals surface area contributed by atoms with Gasteiger partial charge in [-0.3, -0.25) is 9.59 Å². The van der Waals surface area contributed by atoms with E-state index in [1.54, 1.807) is 11.0 Å². The first-order valence-electron chi connectivity index (χ1n) is 12.2. The van der Waals surface area contributed by atoms with Crippen molar-refractivity contribution in [2.24, 2.45) is 11.8 Å². The zero-order chi connectivity index (χ0) is 26.5. The average molecular weight is 537 g/mol. The van der Waals surface area contributed by atoms with E-state index in [0.717, 1.165) is 18.6 Å². The van der Waals surface area contributed by atoms with Crippen molar-refractivity contribution in [1.29, 1.82) is 0 Å². The number of halogens is 3. The monoisotopic (exact) mass is 536 g/mol. The van der Waals surface area contributed by atoms with Crippen molar-refractivity contribution in [3.8, 4) is 0 Å². The van der Waals surface area contributed by atoms with Crippen LogP contribution in [0.15, 0.2) is 53.4 Å². The van der Waals surface area contributed by atoms with Crippen molar-refractivity contribution in [1.82, 2.24) is 10.2 Å². The standard InChI is InChI=1S/C26H27F3N2O5S/c1-2-37(34,35)20-5-3-4-16(10-20)25(33)31-21-11-17(21)12-22(31)24(32)30-23(18-13-36-14-18)15-6-8-19(9-7-15)26(27,28)29/h3-10,17-18,21-23H,2,11-14H2,1H3,(H,30,32)/t17-,21-,22-,23+/m1/s1. The Kier molecular flexibility index (Phi) is 6.56. The van der Waals surface area contributed by atoms with Gasteiger partial charge in [-0.1, -0.05) is 25.1 Å². The number of nitrogens with zero attached hydrogens (tertiary/aromatic N) is 1. The third-order valence-electron chi connectivity index (χ3n) is 7.49. The van der Waals surface area contributed by atoms with Gasteiger partial charge in [-0.15, -0.1) is 0 Å². The summed E-state index contributed by atoms with van der Waals surface area (Å²) < 4.78 is 68.9. The Morgan fingerprint density at radius 3 is 2.41 bits per heavy atom. The summed E-state index contributed by atoms with van der Waals surface area (Å²) in [6, 6.07) is 9.16. The van der Waals surface area contributed by atoms with E-state index in [0.29, 0.717) is 25.2 Å². The maximum Gasteiger partial charge on any atom is 0.416 e. The summed E-state index contributed by atoms with van der Waals surface area (Å²) in [4.78, 5) is 28.5. The number of carbonyl (C=O) groups is 2. The molecule has 0 spiro atoms.